The number of amides is 1. The highest BCUT2D eigenvalue weighted by atomic mass is 32.2. The number of carbonyl (C=O) groups excluding carboxylic acids is 1. The largest absolute Gasteiger partial charge is 0.411 e. The normalized spacial score (nSPS) is 15.7. The van der Waals surface area contributed by atoms with Crippen molar-refractivity contribution in [3.8, 4) is 11.5 Å². The number of nitrogens with one attached hydrogen (secondary N) is 1. The maximum absolute atomic E-state index is 12.9. The van der Waals surface area contributed by atoms with Gasteiger partial charge in [0.15, 0.2) is 0 Å². The number of para-hydroxylation sites is 1. The molecule has 1 amide bonds. The van der Waals surface area contributed by atoms with Crippen molar-refractivity contribution >= 4 is 34.3 Å². The van der Waals surface area contributed by atoms with Crippen molar-refractivity contribution < 1.29 is 9.21 Å². The molecule has 0 fully saturated rings. The van der Waals surface area contributed by atoms with Crippen LogP contribution in [-0.4, -0.2) is 32.9 Å². The van der Waals surface area contributed by atoms with E-state index < -0.39 is 0 Å². The highest BCUT2D eigenvalue weighted by Gasteiger charge is 2.30. The van der Waals surface area contributed by atoms with Crippen molar-refractivity contribution in [2.24, 2.45) is 0 Å². The summed E-state index contributed by atoms with van der Waals surface area (Å²) in [5.74, 6) is 0.775. The number of nitrogens with zero attached hydrogens (tertiary/aromatic N) is 3. The van der Waals surface area contributed by atoms with Crippen molar-refractivity contribution in [3.63, 3.8) is 0 Å². The molecule has 1 atom stereocenters. The van der Waals surface area contributed by atoms with Gasteiger partial charge in [0.25, 0.3) is 5.22 Å². The van der Waals surface area contributed by atoms with Crippen LogP contribution >= 0.6 is 11.8 Å². The van der Waals surface area contributed by atoms with E-state index in [1.165, 1.54) is 22.9 Å². The molecule has 0 saturated carbocycles. The van der Waals surface area contributed by atoms with Gasteiger partial charge in [-0.2, -0.15) is 0 Å². The summed E-state index contributed by atoms with van der Waals surface area (Å²) in [5, 5.41) is 9.86. The smallest absolute Gasteiger partial charge is 0.277 e. The monoisotopic (exact) mass is 418 g/mol. The second-order valence-corrected chi connectivity index (χ2v) is 8.67. The minimum absolute atomic E-state index is 0.0528. The van der Waals surface area contributed by atoms with E-state index in [4.69, 9.17) is 4.42 Å². The van der Waals surface area contributed by atoms with Crippen LogP contribution in [0.15, 0.2) is 52.1 Å². The summed E-state index contributed by atoms with van der Waals surface area (Å²) >= 11 is 1.28. The number of carbonyl (C=O) groups is 1. The SMILES string of the molecule is Cc1[nH]c2ccc(-c3nnc(SCC(=O)N4c5ccccc5C[C@H]4C)o3)cc2c1C. The first-order chi connectivity index (χ1) is 14.5. The molecule has 2 aromatic carbocycles. The van der Waals surface area contributed by atoms with Crippen LogP contribution in [0.25, 0.3) is 22.4 Å². The molecule has 0 spiro atoms. The molecule has 4 aromatic rings. The Morgan fingerprint density at radius 3 is 2.93 bits per heavy atom. The quantitative estimate of drug-likeness (QED) is 0.477. The Morgan fingerprint density at radius 2 is 2.07 bits per heavy atom. The number of aryl methyl sites for hydroxylation is 2. The lowest BCUT2D eigenvalue weighted by Gasteiger charge is -2.22. The van der Waals surface area contributed by atoms with Gasteiger partial charge in [-0.3, -0.25) is 4.79 Å². The number of anilines is 1. The first kappa shape index (κ1) is 18.9. The van der Waals surface area contributed by atoms with Gasteiger partial charge in [-0.1, -0.05) is 30.0 Å². The van der Waals surface area contributed by atoms with Gasteiger partial charge in [0.1, 0.15) is 0 Å². The van der Waals surface area contributed by atoms with Crippen LogP contribution in [0, 0.1) is 13.8 Å². The minimum Gasteiger partial charge on any atom is -0.411 e. The van der Waals surface area contributed by atoms with Crippen LogP contribution in [0.5, 0.6) is 0 Å². The molecule has 0 bridgehead atoms. The van der Waals surface area contributed by atoms with Crippen molar-refractivity contribution in [2.75, 3.05) is 10.7 Å². The third-order valence-electron chi connectivity index (χ3n) is 5.76. The predicted octanol–water partition coefficient (Wildman–Crippen LogP) is 4.90. The molecule has 152 valence electrons. The molecule has 0 aliphatic carbocycles. The zero-order valence-corrected chi connectivity index (χ0v) is 17.9. The summed E-state index contributed by atoms with van der Waals surface area (Å²) in [6, 6.07) is 14.3. The second-order valence-electron chi connectivity index (χ2n) is 7.74. The molecule has 3 heterocycles. The number of hydrogen-bond acceptors (Lipinski definition) is 5. The lowest BCUT2D eigenvalue weighted by atomic mass is 10.1. The zero-order chi connectivity index (χ0) is 20.8. The second kappa shape index (κ2) is 7.32. The lowest BCUT2D eigenvalue weighted by Crippen LogP contribution is -2.36. The number of aromatic nitrogens is 3. The van der Waals surface area contributed by atoms with E-state index in [0.29, 0.717) is 11.1 Å². The van der Waals surface area contributed by atoms with Crippen LogP contribution in [0.3, 0.4) is 0 Å². The number of fused-ring (bicyclic) bond motifs is 2. The molecule has 30 heavy (non-hydrogen) atoms. The Labute approximate surface area is 178 Å². The van der Waals surface area contributed by atoms with E-state index in [1.54, 1.807) is 0 Å². The Balaban J connectivity index is 1.31. The summed E-state index contributed by atoms with van der Waals surface area (Å²) in [7, 11) is 0. The summed E-state index contributed by atoms with van der Waals surface area (Å²) in [5.41, 5.74) is 6.55. The minimum atomic E-state index is 0.0528. The van der Waals surface area contributed by atoms with Gasteiger partial charge in [-0.25, -0.2) is 0 Å². The fraction of sp³-hybridized carbons (Fsp3) is 0.261. The Bertz CT molecular complexity index is 1260. The van der Waals surface area contributed by atoms with E-state index >= 15 is 0 Å². The van der Waals surface area contributed by atoms with Gasteiger partial charge in [0.05, 0.1) is 5.75 Å². The maximum Gasteiger partial charge on any atom is 0.277 e. The molecule has 5 rings (SSSR count). The number of hydrogen-bond donors (Lipinski definition) is 1. The first-order valence-electron chi connectivity index (χ1n) is 9.97. The maximum atomic E-state index is 12.9. The molecule has 1 aliphatic heterocycles. The molecule has 2 aromatic heterocycles. The van der Waals surface area contributed by atoms with Gasteiger partial charge < -0.3 is 14.3 Å². The fourth-order valence-electron chi connectivity index (χ4n) is 4.12. The molecule has 0 unspecified atom stereocenters. The van der Waals surface area contributed by atoms with E-state index in [9.17, 15) is 4.79 Å². The first-order valence-corrected chi connectivity index (χ1v) is 11.0. The third-order valence-corrected chi connectivity index (χ3v) is 6.56. The van der Waals surface area contributed by atoms with Crippen LogP contribution in [-0.2, 0) is 11.2 Å². The van der Waals surface area contributed by atoms with Crippen LogP contribution < -0.4 is 4.90 Å². The number of rotatable bonds is 4. The highest BCUT2D eigenvalue weighted by Crippen LogP contribution is 2.33. The molecular formula is C23H22N4O2S. The molecule has 0 saturated heterocycles. The summed E-state index contributed by atoms with van der Waals surface area (Å²) in [6.45, 7) is 6.23. The van der Waals surface area contributed by atoms with Gasteiger partial charge in [0.2, 0.25) is 11.8 Å². The van der Waals surface area contributed by atoms with Crippen molar-refractivity contribution in [3.05, 3.63) is 59.3 Å². The number of aromatic amines is 1. The van der Waals surface area contributed by atoms with Crippen LogP contribution in [0.4, 0.5) is 5.69 Å². The van der Waals surface area contributed by atoms with Crippen molar-refractivity contribution in [1.29, 1.82) is 0 Å². The average molecular weight is 419 g/mol. The van der Waals surface area contributed by atoms with Crippen LogP contribution in [0.1, 0.15) is 23.7 Å². The Morgan fingerprint density at radius 1 is 1.23 bits per heavy atom. The molecule has 6 nitrogen and oxygen atoms in total. The average Bonchev–Trinajstić information content (AvgIpc) is 3.42. The van der Waals surface area contributed by atoms with Crippen molar-refractivity contribution in [1.82, 2.24) is 15.2 Å². The third kappa shape index (κ3) is 3.19. The highest BCUT2D eigenvalue weighted by molar-refractivity contribution is 7.99. The standard InChI is InChI=1S/C23H22N4O2S/c1-13-10-16-6-4-5-7-20(16)27(13)21(28)12-30-23-26-25-22(29-23)17-8-9-19-18(11-17)14(2)15(3)24-19/h4-9,11,13,24H,10,12H2,1-3H3/t13-/m1/s1. The van der Waals surface area contributed by atoms with Gasteiger partial charge >= 0.3 is 0 Å². The molecule has 7 heteroatoms. The Hall–Kier alpha value is -3.06. The molecule has 0 radical (unpaired) electrons. The Kier molecular flexibility index (Phi) is 4.62. The van der Waals surface area contributed by atoms with E-state index in [2.05, 4.69) is 48.1 Å². The number of benzene rings is 2. The fourth-order valence-corrected chi connectivity index (χ4v) is 4.74. The molecular weight excluding hydrogens is 396 g/mol. The lowest BCUT2D eigenvalue weighted by molar-refractivity contribution is -0.116. The number of thioether (sulfide) groups is 1. The predicted molar refractivity (Wildman–Crippen MR) is 119 cm³/mol. The van der Waals surface area contributed by atoms with Crippen LogP contribution in [0.2, 0.25) is 0 Å². The van der Waals surface area contributed by atoms with E-state index in [1.807, 2.05) is 35.2 Å². The summed E-state index contributed by atoms with van der Waals surface area (Å²) in [4.78, 5) is 18.1. The van der Waals surface area contributed by atoms with Gasteiger partial charge in [0, 0.05) is 33.9 Å². The molecule has 1 N–H and O–H groups in total. The number of H-pyrrole nitrogens is 1. The topological polar surface area (TPSA) is 75.0 Å². The van der Waals surface area contributed by atoms with E-state index in [0.717, 1.165) is 34.3 Å². The van der Waals surface area contributed by atoms with Crippen molar-refractivity contribution in [2.45, 2.75) is 38.5 Å². The zero-order valence-electron chi connectivity index (χ0n) is 17.1. The van der Waals surface area contributed by atoms with Gasteiger partial charge in [-0.05, 0) is 62.6 Å². The summed E-state index contributed by atoms with van der Waals surface area (Å²) in [6.07, 6.45) is 0.887. The summed E-state index contributed by atoms with van der Waals surface area (Å²) < 4.78 is 5.83. The molecule has 1 aliphatic rings. The van der Waals surface area contributed by atoms with E-state index in [-0.39, 0.29) is 17.7 Å². The van der Waals surface area contributed by atoms with Gasteiger partial charge in [-0.15, -0.1) is 10.2 Å².